The highest BCUT2D eigenvalue weighted by Crippen LogP contribution is 2.20. The predicted octanol–water partition coefficient (Wildman–Crippen LogP) is 2.53. The molecule has 0 spiro atoms. The third kappa shape index (κ3) is 4.26. The maximum Gasteiger partial charge on any atom is 0.306 e. The second-order valence-electron chi connectivity index (χ2n) is 5.63. The van der Waals surface area contributed by atoms with Crippen LogP contribution in [0.15, 0.2) is 35.1 Å². The molecule has 3 rings (SSSR count). The Morgan fingerprint density at radius 1 is 1.31 bits per heavy atom. The van der Waals surface area contributed by atoms with Gasteiger partial charge in [0.2, 0.25) is 4.96 Å². The van der Waals surface area contributed by atoms with Crippen molar-refractivity contribution < 1.29 is 14.3 Å². The van der Waals surface area contributed by atoms with Crippen molar-refractivity contribution in [3.05, 3.63) is 57.0 Å². The van der Waals surface area contributed by atoms with Gasteiger partial charge in [0.25, 0.3) is 5.56 Å². The summed E-state index contributed by atoms with van der Waals surface area (Å²) < 4.78 is 12.0. The number of nitrogens with zero attached hydrogens (tertiary/aromatic N) is 3. The van der Waals surface area contributed by atoms with Gasteiger partial charge in [-0.1, -0.05) is 29.5 Å². The molecule has 3 aromatic rings. The van der Waals surface area contributed by atoms with Crippen LogP contribution in [0.2, 0.25) is 0 Å². The van der Waals surface area contributed by atoms with Gasteiger partial charge in [0.05, 0.1) is 6.61 Å². The summed E-state index contributed by atoms with van der Waals surface area (Å²) >= 11 is 1.23. The molecule has 0 saturated heterocycles. The molecule has 136 valence electrons. The fraction of sp³-hybridized carbons (Fsp3) is 0.333. The average Bonchev–Trinajstić information content (AvgIpc) is 3.03. The van der Waals surface area contributed by atoms with Gasteiger partial charge in [0, 0.05) is 18.2 Å². The van der Waals surface area contributed by atoms with E-state index < -0.39 is 0 Å². The number of fused-ring (bicyclic) bond motifs is 1. The lowest BCUT2D eigenvalue weighted by molar-refractivity contribution is -0.144. The van der Waals surface area contributed by atoms with Crippen molar-refractivity contribution in [3.8, 4) is 5.75 Å². The molecule has 0 bridgehead atoms. The van der Waals surface area contributed by atoms with E-state index in [0.717, 1.165) is 11.3 Å². The average molecular weight is 373 g/mol. The first-order chi connectivity index (χ1) is 12.6. The maximum absolute atomic E-state index is 12.0. The Morgan fingerprint density at radius 2 is 2.12 bits per heavy atom. The zero-order valence-corrected chi connectivity index (χ0v) is 15.4. The van der Waals surface area contributed by atoms with E-state index >= 15 is 0 Å². The second-order valence-corrected chi connectivity index (χ2v) is 6.67. The molecule has 0 atom stereocenters. The van der Waals surface area contributed by atoms with Gasteiger partial charge in [-0.2, -0.15) is 9.61 Å². The van der Waals surface area contributed by atoms with Crippen molar-refractivity contribution in [2.24, 2.45) is 0 Å². The number of benzene rings is 1. The Kier molecular flexibility index (Phi) is 5.62. The van der Waals surface area contributed by atoms with Crippen molar-refractivity contribution in [2.45, 2.75) is 33.3 Å². The topological polar surface area (TPSA) is 82.8 Å². The number of aromatic nitrogens is 3. The van der Waals surface area contributed by atoms with Gasteiger partial charge in [-0.05, 0) is 31.9 Å². The first-order valence-corrected chi connectivity index (χ1v) is 9.11. The Balaban J connectivity index is 1.58. The van der Waals surface area contributed by atoms with Crippen molar-refractivity contribution in [1.29, 1.82) is 0 Å². The summed E-state index contributed by atoms with van der Waals surface area (Å²) in [5.41, 5.74) is 1.36. The largest absolute Gasteiger partial charge is 0.494 e. The van der Waals surface area contributed by atoms with Crippen LogP contribution in [0.4, 0.5) is 0 Å². The summed E-state index contributed by atoms with van der Waals surface area (Å²) in [6, 6.07) is 9.05. The Labute approximate surface area is 154 Å². The highest BCUT2D eigenvalue weighted by Gasteiger charge is 2.11. The number of ether oxygens (including phenoxy) is 2. The van der Waals surface area contributed by atoms with Crippen molar-refractivity contribution in [3.63, 3.8) is 0 Å². The minimum Gasteiger partial charge on any atom is -0.494 e. The monoisotopic (exact) mass is 373 g/mol. The maximum atomic E-state index is 12.0. The molecule has 0 saturated carbocycles. The third-order valence-electron chi connectivity index (χ3n) is 3.64. The van der Waals surface area contributed by atoms with E-state index in [1.54, 1.807) is 6.92 Å². The number of rotatable bonds is 7. The van der Waals surface area contributed by atoms with E-state index in [9.17, 15) is 9.59 Å². The highest BCUT2D eigenvalue weighted by atomic mass is 32.1. The van der Waals surface area contributed by atoms with Crippen LogP contribution in [0.1, 0.15) is 29.6 Å². The van der Waals surface area contributed by atoms with Crippen LogP contribution in [0.25, 0.3) is 4.96 Å². The van der Waals surface area contributed by atoms with Gasteiger partial charge >= 0.3 is 5.97 Å². The van der Waals surface area contributed by atoms with Crippen LogP contribution >= 0.6 is 11.3 Å². The molecule has 1 aromatic carbocycles. The Morgan fingerprint density at radius 3 is 2.92 bits per heavy atom. The molecule has 26 heavy (non-hydrogen) atoms. The lowest BCUT2D eigenvalue weighted by Gasteiger charge is -2.09. The van der Waals surface area contributed by atoms with Crippen molar-refractivity contribution >= 4 is 22.3 Å². The van der Waals surface area contributed by atoms with E-state index in [1.807, 2.05) is 31.2 Å². The molecule has 2 aromatic heterocycles. The van der Waals surface area contributed by atoms with Crippen LogP contribution in [0.5, 0.6) is 5.75 Å². The Bertz CT molecular complexity index is 980. The van der Waals surface area contributed by atoms with Crippen LogP contribution in [0.3, 0.4) is 0 Å². The van der Waals surface area contributed by atoms with Crippen LogP contribution in [0, 0.1) is 6.92 Å². The third-order valence-corrected chi connectivity index (χ3v) is 4.52. The molecule has 8 heteroatoms. The standard InChI is InChI=1S/C18H19N3O4S/c1-3-24-14-7-5-4-6-13(14)8-9-17(23)25-11-15-20-21-16(22)10-12(2)19-18(21)26-15/h4-7,10H,3,8-9,11H2,1-2H3. The smallest absolute Gasteiger partial charge is 0.306 e. The molecule has 0 aliphatic heterocycles. The van der Waals surface area contributed by atoms with E-state index in [4.69, 9.17) is 9.47 Å². The molecule has 0 radical (unpaired) electrons. The van der Waals surface area contributed by atoms with Crippen LogP contribution < -0.4 is 10.3 Å². The van der Waals surface area contributed by atoms with Crippen LogP contribution in [-0.4, -0.2) is 27.2 Å². The van der Waals surface area contributed by atoms with Gasteiger partial charge < -0.3 is 9.47 Å². The van der Waals surface area contributed by atoms with Gasteiger partial charge in [0.15, 0.2) is 5.01 Å². The Hall–Kier alpha value is -2.74. The van der Waals surface area contributed by atoms with E-state index in [-0.39, 0.29) is 24.6 Å². The number of aryl methyl sites for hydroxylation is 2. The van der Waals surface area contributed by atoms with Crippen LogP contribution in [-0.2, 0) is 22.6 Å². The summed E-state index contributed by atoms with van der Waals surface area (Å²) in [6.07, 6.45) is 0.779. The minimum absolute atomic E-state index is 0.0262. The van der Waals surface area contributed by atoms with E-state index in [2.05, 4.69) is 10.1 Å². The van der Waals surface area contributed by atoms with Gasteiger partial charge in [0.1, 0.15) is 12.4 Å². The zero-order chi connectivity index (χ0) is 18.5. The summed E-state index contributed by atoms with van der Waals surface area (Å²) in [6.45, 7) is 4.27. The summed E-state index contributed by atoms with van der Waals surface area (Å²) in [4.78, 5) is 28.6. The molecule has 0 unspecified atom stereocenters. The number of carbonyl (C=O) groups is 1. The number of para-hydroxylation sites is 1. The first kappa shape index (κ1) is 18.1. The van der Waals surface area contributed by atoms with E-state index in [0.29, 0.717) is 28.7 Å². The molecule has 2 heterocycles. The van der Waals surface area contributed by atoms with Crippen molar-refractivity contribution in [2.75, 3.05) is 6.61 Å². The SMILES string of the molecule is CCOc1ccccc1CCC(=O)OCc1nn2c(=O)cc(C)nc2s1. The fourth-order valence-electron chi connectivity index (χ4n) is 2.48. The zero-order valence-electron chi connectivity index (χ0n) is 14.6. The van der Waals surface area contributed by atoms with Gasteiger partial charge in [-0.15, -0.1) is 0 Å². The molecule has 0 aliphatic carbocycles. The van der Waals surface area contributed by atoms with Gasteiger partial charge in [-0.3, -0.25) is 9.59 Å². The lowest BCUT2D eigenvalue weighted by Crippen LogP contribution is -2.14. The predicted molar refractivity (Wildman–Crippen MR) is 97.6 cm³/mol. The molecular formula is C18H19N3O4S. The number of esters is 1. The normalized spacial score (nSPS) is 10.8. The number of hydrogen-bond acceptors (Lipinski definition) is 7. The summed E-state index contributed by atoms with van der Waals surface area (Å²) in [5, 5.41) is 4.68. The minimum atomic E-state index is -0.327. The first-order valence-electron chi connectivity index (χ1n) is 8.29. The van der Waals surface area contributed by atoms with E-state index in [1.165, 1.54) is 21.9 Å². The molecular weight excluding hydrogens is 354 g/mol. The van der Waals surface area contributed by atoms with Gasteiger partial charge in [-0.25, -0.2) is 4.98 Å². The molecule has 7 nitrogen and oxygen atoms in total. The summed E-state index contributed by atoms with van der Waals surface area (Å²) in [7, 11) is 0. The second kappa shape index (κ2) is 8.09. The quantitative estimate of drug-likeness (QED) is 0.592. The number of hydrogen-bond donors (Lipinski definition) is 0. The number of carbonyl (C=O) groups excluding carboxylic acids is 1. The van der Waals surface area contributed by atoms with Crippen molar-refractivity contribution in [1.82, 2.24) is 14.6 Å². The highest BCUT2D eigenvalue weighted by molar-refractivity contribution is 7.16. The molecule has 0 amide bonds. The molecule has 0 N–H and O–H groups in total. The molecule has 0 aliphatic rings. The lowest BCUT2D eigenvalue weighted by atomic mass is 10.1. The fourth-order valence-corrected chi connectivity index (χ4v) is 3.33. The summed E-state index contributed by atoms with van der Waals surface area (Å²) in [5.74, 6) is 0.460. The molecule has 0 fully saturated rings.